The number of ether oxygens (including phenoxy) is 2. The molecule has 24 heavy (non-hydrogen) atoms. The Kier molecular flexibility index (Phi) is 5.83. The van der Waals surface area contributed by atoms with Crippen molar-refractivity contribution in [2.75, 3.05) is 18.5 Å². The van der Waals surface area contributed by atoms with Gasteiger partial charge in [0.2, 0.25) is 0 Å². The van der Waals surface area contributed by atoms with Crippen LogP contribution < -0.4 is 10.1 Å². The molecule has 0 radical (unpaired) electrons. The van der Waals surface area contributed by atoms with Crippen molar-refractivity contribution in [2.45, 2.75) is 6.92 Å². The zero-order chi connectivity index (χ0) is 17.5. The maximum Gasteiger partial charge on any atom is 0.341 e. The molecule has 1 N–H and O–H groups in total. The number of rotatable bonds is 6. The quantitative estimate of drug-likeness (QED) is 0.824. The van der Waals surface area contributed by atoms with E-state index in [1.807, 2.05) is 0 Å². The van der Waals surface area contributed by atoms with Crippen molar-refractivity contribution in [1.29, 1.82) is 0 Å². The third-order valence-electron chi connectivity index (χ3n) is 2.94. The second kappa shape index (κ2) is 8.05. The molecule has 0 aliphatic carbocycles. The smallest absolute Gasteiger partial charge is 0.341 e. The van der Waals surface area contributed by atoms with E-state index in [9.17, 15) is 18.4 Å². The van der Waals surface area contributed by atoms with E-state index in [4.69, 9.17) is 9.47 Å². The first-order valence-electron chi connectivity index (χ1n) is 7.15. The molecule has 0 fully saturated rings. The number of amides is 1. The number of anilines is 1. The van der Waals surface area contributed by atoms with Gasteiger partial charge in [0.25, 0.3) is 5.91 Å². The van der Waals surface area contributed by atoms with E-state index in [2.05, 4.69) is 5.32 Å². The monoisotopic (exact) mass is 335 g/mol. The van der Waals surface area contributed by atoms with Crippen LogP contribution in [-0.4, -0.2) is 25.1 Å². The predicted octanol–water partition coefficient (Wildman–Crippen LogP) is 3.16. The number of hydrogen-bond donors (Lipinski definition) is 1. The molecule has 2 rings (SSSR count). The van der Waals surface area contributed by atoms with Crippen molar-refractivity contribution < 1.29 is 27.8 Å². The van der Waals surface area contributed by atoms with Gasteiger partial charge < -0.3 is 14.8 Å². The number of esters is 1. The predicted molar refractivity (Wildman–Crippen MR) is 82.9 cm³/mol. The number of nitrogens with one attached hydrogen (secondary N) is 1. The van der Waals surface area contributed by atoms with Gasteiger partial charge in [-0.15, -0.1) is 0 Å². The molecule has 7 heteroatoms. The summed E-state index contributed by atoms with van der Waals surface area (Å²) in [4.78, 5) is 23.6. The van der Waals surface area contributed by atoms with Crippen molar-refractivity contribution in [3.8, 4) is 5.75 Å². The molecule has 0 saturated heterocycles. The average Bonchev–Trinajstić information content (AvgIpc) is 2.57. The number of carbonyl (C=O) groups is 2. The van der Waals surface area contributed by atoms with E-state index >= 15 is 0 Å². The van der Waals surface area contributed by atoms with Gasteiger partial charge in [0.1, 0.15) is 17.4 Å². The van der Waals surface area contributed by atoms with Crippen molar-refractivity contribution in [3.63, 3.8) is 0 Å². The Morgan fingerprint density at radius 1 is 1.12 bits per heavy atom. The SMILES string of the molecule is CCOc1ccccc1NC(=O)COC(=O)c1cc(F)ccc1F. The topological polar surface area (TPSA) is 64.6 Å². The van der Waals surface area contributed by atoms with Crippen molar-refractivity contribution in [1.82, 2.24) is 0 Å². The average molecular weight is 335 g/mol. The van der Waals surface area contributed by atoms with E-state index in [0.717, 1.165) is 12.1 Å². The Balaban J connectivity index is 1.96. The Morgan fingerprint density at radius 2 is 1.88 bits per heavy atom. The van der Waals surface area contributed by atoms with E-state index in [1.165, 1.54) is 0 Å². The molecule has 126 valence electrons. The maximum atomic E-state index is 13.4. The first kappa shape index (κ1) is 17.4. The van der Waals surface area contributed by atoms with Gasteiger partial charge in [-0.2, -0.15) is 0 Å². The summed E-state index contributed by atoms with van der Waals surface area (Å²) >= 11 is 0. The summed E-state index contributed by atoms with van der Waals surface area (Å²) in [5.74, 6) is -3.00. The van der Waals surface area contributed by atoms with Crippen molar-refractivity contribution in [2.24, 2.45) is 0 Å². The fourth-order valence-electron chi connectivity index (χ4n) is 1.90. The van der Waals surface area contributed by atoms with Crippen molar-refractivity contribution in [3.05, 3.63) is 59.7 Å². The van der Waals surface area contributed by atoms with E-state index < -0.39 is 35.7 Å². The molecule has 0 aromatic heterocycles. The van der Waals surface area contributed by atoms with Crippen LogP contribution in [0.15, 0.2) is 42.5 Å². The van der Waals surface area contributed by atoms with Crippen LogP contribution in [0.25, 0.3) is 0 Å². The van der Waals surface area contributed by atoms with E-state index in [-0.39, 0.29) is 0 Å². The van der Waals surface area contributed by atoms with E-state index in [1.54, 1.807) is 31.2 Å². The molecule has 1 amide bonds. The summed E-state index contributed by atoms with van der Waals surface area (Å²) in [6, 6.07) is 9.14. The molecule has 5 nitrogen and oxygen atoms in total. The molecular weight excluding hydrogens is 320 g/mol. The summed E-state index contributed by atoms with van der Waals surface area (Å²) in [6.07, 6.45) is 0. The molecule has 2 aromatic rings. The molecule has 0 aliphatic rings. The largest absolute Gasteiger partial charge is 0.492 e. The van der Waals surface area contributed by atoms with Crippen LogP contribution in [0.3, 0.4) is 0 Å². The van der Waals surface area contributed by atoms with Gasteiger partial charge in [0.15, 0.2) is 6.61 Å². The highest BCUT2D eigenvalue weighted by atomic mass is 19.1. The van der Waals surface area contributed by atoms with Gasteiger partial charge in [-0.25, -0.2) is 13.6 Å². The minimum atomic E-state index is -1.12. The standard InChI is InChI=1S/C17H15F2NO4/c1-2-23-15-6-4-3-5-14(15)20-16(21)10-24-17(22)12-9-11(18)7-8-13(12)19/h3-9H,2,10H2,1H3,(H,20,21). The summed E-state index contributed by atoms with van der Waals surface area (Å²) in [6.45, 7) is 1.57. The van der Waals surface area contributed by atoms with Crippen LogP contribution in [0.2, 0.25) is 0 Å². The van der Waals surface area contributed by atoms with Crippen LogP contribution in [0.4, 0.5) is 14.5 Å². The van der Waals surface area contributed by atoms with Gasteiger partial charge in [0, 0.05) is 0 Å². The number of hydrogen-bond acceptors (Lipinski definition) is 4. The van der Waals surface area contributed by atoms with Crippen LogP contribution in [-0.2, 0) is 9.53 Å². The highest BCUT2D eigenvalue weighted by Crippen LogP contribution is 2.23. The second-order valence-electron chi connectivity index (χ2n) is 4.68. The molecule has 0 unspecified atom stereocenters. The zero-order valence-corrected chi connectivity index (χ0v) is 12.8. The summed E-state index contributed by atoms with van der Waals surface area (Å²) in [5.41, 5.74) is -0.158. The molecule has 0 aliphatic heterocycles. The molecule has 0 heterocycles. The van der Waals surface area contributed by atoms with Gasteiger partial charge in [-0.05, 0) is 37.3 Å². The normalized spacial score (nSPS) is 10.1. The summed E-state index contributed by atoms with van der Waals surface area (Å²) < 4.78 is 36.5. The lowest BCUT2D eigenvalue weighted by atomic mass is 10.2. The Morgan fingerprint density at radius 3 is 2.62 bits per heavy atom. The number of carbonyl (C=O) groups excluding carboxylic acids is 2. The van der Waals surface area contributed by atoms with Gasteiger partial charge in [-0.1, -0.05) is 12.1 Å². The molecule has 2 aromatic carbocycles. The first-order chi connectivity index (χ1) is 11.5. The van der Waals surface area contributed by atoms with E-state index in [0.29, 0.717) is 24.1 Å². The first-order valence-corrected chi connectivity index (χ1v) is 7.15. The Labute approximate surface area is 137 Å². The number of benzene rings is 2. The van der Waals surface area contributed by atoms with Crippen LogP contribution in [0.1, 0.15) is 17.3 Å². The molecule has 0 spiro atoms. The number of para-hydroxylation sites is 2. The van der Waals surface area contributed by atoms with Gasteiger partial charge in [0.05, 0.1) is 17.9 Å². The Hall–Kier alpha value is -2.96. The fraction of sp³-hybridized carbons (Fsp3) is 0.176. The lowest BCUT2D eigenvalue weighted by Gasteiger charge is -2.11. The maximum absolute atomic E-state index is 13.4. The summed E-state index contributed by atoms with van der Waals surface area (Å²) in [7, 11) is 0. The van der Waals surface area contributed by atoms with Gasteiger partial charge in [-0.3, -0.25) is 4.79 Å². The number of halogens is 2. The summed E-state index contributed by atoms with van der Waals surface area (Å²) in [5, 5.41) is 2.52. The molecule has 0 saturated carbocycles. The minimum absolute atomic E-state index is 0.414. The Bertz CT molecular complexity index is 749. The van der Waals surface area contributed by atoms with Crippen LogP contribution in [0, 0.1) is 11.6 Å². The lowest BCUT2D eigenvalue weighted by Crippen LogP contribution is -2.21. The molecule has 0 atom stereocenters. The van der Waals surface area contributed by atoms with Crippen molar-refractivity contribution >= 4 is 17.6 Å². The fourth-order valence-corrected chi connectivity index (χ4v) is 1.90. The third-order valence-corrected chi connectivity index (χ3v) is 2.94. The third kappa shape index (κ3) is 4.52. The highest BCUT2D eigenvalue weighted by Gasteiger charge is 2.16. The molecular formula is C17H15F2NO4. The minimum Gasteiger partial charge on any atom is -0.492 e. The highest BCUT2D eigenvalue weighted by molar-refractivity contribution is 5.96. The van der Waals surface area contributed by atoms with Crippen LogP contribution >= 0.6 is 0 Å². The zero-order valence-electron chi connectivity index (χ0n) is 12.8. The second-order valence-corrected chi connectivity index (χ2v) is 4.68. The van der Waals surface area contributed by atoms with Gasteiger partial charge >= 0.3 is 5.97 Å². The van der Waals surface area contributed by atoms with Crippen LogP contribution in [0.5, 0.6) is 5.75 Å². The molecule has 0 bridgehead atoms. The lowest BCUT2D eigenvalue weighted by molar-refractivity contribution is -0.119.